The summed E-state index contributed by atoms with van der Waals surface area (Å²) < 4.78 is 21.9. The highest BCUT2D eigenvalue weighted by atomic mass is 32.2. The highest BCUT2D eigenvalue weighted by molar-refractivity contribution is 7.89. The molecular formula is C10H12O2S. The van der Waals surface area contributed by atoms with Crippen molar-refractivity contribution in [2.45, 2.75) is 5.75 Å². The van der Waals surface area contributed by atoms with Gasteiger partial charge in [-0.1, -0.05) is 36.9 Å². The van der Waals surface area contributed by atoms with E-state index in [2.05, 4.69) is 6.58 Å². The highest BCUT2D eigenvalue weighted by Gasteiger charge is 2.03. The van der Waals surface area contributed by atoms with E-state index in [0.29, 0.717) is 0 Å². The summed E-state index contributed by atoms with van der Waals surface area (Å²) in [4.78, 5) is 0. The predicted molar refractivity (Wildman–Crippen MR) is 55.1 cm³/mol. The molecule has 3 heteroatoms. The number of rotatable bonds is 3. The van der Waals surface area contributed by atoms with Crippen LogP contribution in [0.2, 0.25) is 0 Å². The van der Waals surface area contributed by atoms with E-state index in [1.54, 1.807) is 18.2 Å². The van der Waals surface area contributed by atoms with Crippen LogP contribution in [-0.2, 0) is 15.6 Å². The molecule has 0 bridgehead atoms. The van der Waals surface area contributed by atoms with Gasteiger partial charge in [0.05, 0.1) is 5.75 Å². The van der Waals surface area contributed by atoms with Gasteiger partial charge in [0.25, 0.3) is 0 Å². The second-order valence-electron chi connectivity index (χ2n) is 3.02. The van der Waals surface area contributed by atoms with Gasteiger partial charge in [-0.25, -0.2) is 8.42 Å². The average molecular weight is 196 g/mol. The van der Waals surface area contributed by atoms with Gasteiger partial charge in [-0.3, -0.25) is 0 Å². The molecule has 0 saturated heterocycles. The largest absolute Gasteiger partial charge is 0.229 e. The number of benzene rings is 1. The second-order valence-corrected chi connectivity index (χ2v) is 5.16. The Balaban J connectivity index is 2.87. The van der Waals surface area contributed by atoms with Crippen molar-refractivity contribution in [3.05, 3.63) is 42.0 Å². The van der Waals surface area contributed by atoms with Crippen molar-refractivity contribution in [3.8, 4) is 0 Å². The van der Waals surface area contributed by atoms with E-state index >= 15 is 0 Å². The van der Waals surface area contributed by atoms with Crippen LogP contribution in [0.5, 0.6) is 0 Å². The van der Waals surface area contributed by atoms with Gasteiger partial charge in [-0.05, 0) is 11.1 Å². The Hall–Kier alpha value is -1.09. The Labute approximate surface area is 78.8 Å². The lowest BCUT2D eigenvalue weighted by Crippen LogP contribution is -2.00. The van der Waals surface area contributed by atoms with Gasteiger partial charge < -0.3 is 0 Å². The van der Waals surface area contributed by atoms with E-state index in [1.165, 1.54) is 6.26 Å². The van der Waals surface area contributed by atoms with Crippen LogP contribution in [0.25, 0.3) is 6.08 Å². The van der Waals surface area contributed by atoms with Gasteiger partial charge >= 0.3 is 0 Å². The van der Waals surface area contributed by atoms with Gasteiger partial charge in [-0.15, -0.1) is 0 Å². The molecule has 0 aliphatic rings. The number of hydrogen-bond donors (Lipinski definition) is 0. The van der Waals surface area contributed by atoms with Crippen molar-refractivity contribution < 1.29 is 8.42 Å². The maximum absolute atomic E-state index is 10.9. The molecule has 0 radical (unpaired) electrons. The molecule has 0 heterocycles. The molecule has 0 saturated carbocycles. The molecule has 0 fully saturated rings. The molecule has 2 nitrogen and oxygen atoms in total. The van der Waals surface area contributed by atoms with E-state index in [-0.39, 0.29) is 5.75 Å². The third-order valence-electron chi connectivity index (χ3n) is 1.64. The van der Waals surface area contributed by atoms with Gasteiger partial charge in [0.15, 0.2) is 9.84 Å². The minimum absolute atomic E-state index is 0.102. The Kier molecular flexibility index (Phi) is 2.88. The van der Waals surface area contributed by atoms with Crippen LogP contribution in [0, 0.1) is 0 Å². The van der Waals surface area contributed by atoms with Crippen LogP contribution in [0.15, 0.2) is 30.8 Å². The molecule has 0 N–H and O–H groups in total. The van der Waals surface area contributed by atoms with E-state index in [4.69, 9.17) is 0 Å². The summed E-state index contributed by atoms with van der Waals surface area (Å²) >= 11 is 0. The zero-order valence-corrected chi connectivity index (χ0v) is 8.34. The standard InChI is InChI=1S/C10H12O2S/c1-3-9-4-6-10(7-5-9)8-13(2,11)12/h3-7H,1,8H2,2H3. The monoisotopic (exact) mass is 196 g/mol. The molecule has 0 unspecified atom stereocenters. The first-order valence-corrected chi connectivity index (χ1v) is 5.96. The van der Waals surface area contributed by atoms with Gasteiger partial charge in [0.1, 0.15) is 0 Å². The lowest BCUT2D eigenvalue weighted by atomic mass is 10.1. The van der Waals surface area contributed by atoms with Gasteiger partial charge in [0, 0.05) is 6.26 Å². The van der Waals surface area contributed by atoms with Crippen molar-refractivity contribution in [2.24, 2.45) is 0 Å². The molecule has 0 amide bonds. The maximum Gasteiger partial charge on any atom is 0.151 e. The maximum atomic E-state index is 10.9. The summed E-state index contributed by atoms with van der Waals surface area (Å²) in [6.45, 7) is 3.62. The molecule has 13 heavy (non-hydrogen) atoms. The third kappa shape index (κ3) is 3.42. The van der Waals surface area contributed by atoms with Crippen molar-refractivity contribution in [1.29, 1.82) is 0 Å². The Morgan fingerprint density at radius 2 is 1.85 bits per heavy atom. The van der Waals surface area contributed by atoms with Crippen LogP contribution in [0.1, 0.15) is 11.1 Å². The van der Waals surface area contributed by atoms with Crippen LogP contribution in [0.4, 0.5) is 0 Å². The van der Waals surface area contributed by atoms with Crippen molar-refractivity contribution >= 4 is 15.9 Å². The fourth-order valence-electron chi connectivity index (χ4n) is 1.05. The average Bonchev–Trinajstić information content (AvgIpc) is 2.03. The number of sulfone groups is 1. The van der Waals surface area contributed by atoms with Crippen LogP contribution < -0.4 is 0 Å². The van der Waals surface area contributed by atoms with E-state index in [1.807, 2.05) is 12.1 Å². The Morgan fingerprint density at radius 1 is 1.31 bits per heavy atom. The van der Waals surface area contributed by atoms with Crippen molar-refractivity contribution in [1.82, 2.24) is 0 Å². The van der Waals surface area contributed by atoms with E-state index < -0.39 is 9.84 Å². The predicted octanol–water partition coefficient (Wildman–Crippen LogP) is 1.87. The fraction of sp³-hybridized carbons (Fsp3) is 0.200. The Bertz CT molecular complexity index is 387. The van der Waals surface area contributed by atoms with E-state index in [9.17, 15) is 8.42 Å². The second kappa shape index (κ2) is 3.75. The van der Waals surface area contributed by atoms with Crippen LogP contribution in [0.3, 0.4) is 0 Å². The molecular weight excluding hydrogens is 184 g/mol. The van der Waals surface area contributed by atoms with E-state index in [0.717, 1.165) is 11.1 Å². The normalized spacial score (nSPS) is 11.2. The molecule has 0 spiro atoms. The molecule has 70 valence electrons. The zero-order valence-electron chi connectivity index (χ0n) is 7.53. The van der Waals surface area contributed by atoms with Crippen LogP contribution in [-0.4, -0.2) is 14.7 Å². The molecule has 1 rings (SSSR count). The smallest absolute Gasteiger partial charge is 0.151 e. The van der Waals surface area contributed by atoms with Gasteiger partial charge in [0.2, 0.25) is 0 Å². The molecule has 0 aliphatic carbocycles. The molecule has 0 aromatic heterocycles. The zero-order chi connectivity index (χ0) is 9.90. The summed E-state index contributed by atoms with van der Waals surface area (Å²) in [7, 11) is -2.92. The summed E-state index contributed by atoms with van der Waals surface area (Å²) in [6, 6.07) is 7.32. The molecule has 1 aromatic rings. The molecule has 1 aromatic carbocycles. The highest BCUT2D eigenvalue weighted by Crippen LogP contribution is 2.08. The minimum Gasteiger partial charge on any atom is -0.229 e. The lowest BCUT2D eigenvalue weighted by Gasteiger charge is -1.99. The number of hydrogen-bond acceptors (Lipinski definition) is 2. The summed E-state index contributed by atoms with van der Waals surface area (Å²) in [6.07, 6.45) is 2.96. The minimum atomic E-state index is -2.92. The topological polar surface area (TPSA) is 34.1 Å². The first-order valence-electron chi connectivity index (χ1n) is 3.90. The quantitative estimate of drug-likeness (QED) is 0.739. The first-order chi connectivity index (χ1) is 6.01. The Morgan fingerprint density at radius 3 is 2.23 bits per heavy atom. The van der Waals surface area contributed by atoms with Crippen LogP contribution >= 0.6 is 0 Å². The fourth-order valence-corrected chi connectivity index (χ4v) is 1.85. The van der Waals surface area contributed by atoms with Gasteiger partial charge in [-0.2, -0.15) is 0 Å². The summed E-state index contributed by atoms with van der Waals surface area (Å²) in [5.74, 6) is 0.102. The third-order valence-corrected chi connectivity index (χ3v) is 2.50. The molecule has 0 atom stereocenters. The lowest BCUT2D eigenvalue weighted by molar-refractivity contribution is 0.601. The van der Waals surface area contributed by atoms with Crippen molar-refractivity contribution in [2.75, 3.05) is 6.26 Å². The molecule has 0 aliphatic heterocycles. The SMILES string of the molecule is C=Cc1ccc(CS(C)(=O)=O)cc1. The van der Waals surface area contributed by atoms with Crippen molar-refractivity contribution in [3.63, 3.8) is 0 Å². The summed E-state index contributed by atoms with van der Waals surface area (Å²) in [5, 5.41) is 0. The summed E-state index contributed by atoms with van der Waals surface area (Å²) in [5.41, 5.74) is 1.81. The first kappa shape index (κ1) is 9.99.